The highest BCUT2D eigenvalue weighted by Gasteiger charge is 2.23. The zero-order chi connectivity index (χ0) is 11.9. The lowest BCUT2D eigenvalue weighted by molar-refractivity contribution is 0.0107. The maximum Gasteiger partial charge on any atom is 0.0587 e. The second kappa shape index (κ2) is 7.34. The van der Waals surface area contributed by atoms with Crippen molar-refractivity contribution >= 4 is 0 Å². The van der Waals surface area contributed by atoms with E-state index in [2.05, 4.69) is 5.32 Å². The number of nitrogens with two attached hydrogens (primary N) is 1. The van der Waals surface area contributed by atoms with E-state index in [0.717, 1.165) is 19.7 Å². The number of hydrogen-bond acceptors (Lipinski definition) is 3. The minimum Gasteiger partial charge on any atom is -0.378 e. The van der Waals surface area contributed by atoms with Crippen LogP contribution >= 0.6 is 0 Å². The van der Waals surface area contributed by atoms with Crippen molar-refractivity contribution in [2.75, 3.05) is 19.7 Å². The van der Waals surface area contributed by atoms with Crippen molar-refractivity contribution in [2.45, 2.75) is 63.5 Å². The van der Waals surface area contributed by atoms with Crippen LogP contribution in [0.3, 0.4) is 0 Å². The summed E-state index contributed by atoms with van der Waals surface area (Å²) < 4.78 is 5.76. The molecule has 2 aliphatic rings. The lowest BCUT2D eigenvalue weighted by Gasteiger charge is -2.32. The molecule has 0 aromatic rings. The number of nitrogens with one attached hydrogen (secondary N) is 1. The molecule has 0 aromatic heterocycles. The standard InChI is InChI=1S/C14H28N2O/c15-11-12-5-1-2-7-14(12)16-9-8-13-6-3-4-10-17-13/h12-14,16H,1-11,15H2. The van der Waals surface area contributed by atoms with Gasteiger partial charge in [0.2, 0.25) is 0 Å². The highest BCUT2D eigenvalue weighted by atomic mass is 16.5. The first-order valence-corrected chi connectivity index (χ1v) is 7.45. The monoisotopic (exact) mass is 240 g/mol. The lowest BCUT2D eigenvalue weighted by Crippen LogP contribution is -2.43. The summed E-state index contributed by atoms with van der Waals surface area (Å²) in [6.45, 7) is 2.92. The van der Waals surface area contributed by atoms with Crippen molar-refractivity contribution < 1.29 is 4.74 Å². The summed E-state index contributed by atoms with van der Waals surface area (Å²) in [6.07, 6.45) is 10.9. The van der Waals surface area contributed by atoms with Crippen LogP contribution in [0.15, 0.2) is 0 Å². The van der Waals surface area contributed by atoms with E-state index in [1.807, 2.05) is 0 Å². The Labute approximate surface area is 105 Å². The molecule has 1 aliphatic carbocycles. The van der Waals surface area contributed by atoms with E-state index in [4.69, 9.17) is 10.5 Å². The molecule has 3 unspecified atom stereocenters. The quantitative estimate of drug-likeness (QED) is 0.773. The van der Waals surface area contributed by atoms with Crippen molar-refractivity contribution in [3.8, 4) is 0 Å². The molecule has 0 aromatic carbocycles. The molecule has 0 bridgehead atoms. The lowest BCUT2D eigenvalue weighted by atomic mass is 9.84. The molecular formula is C14H28N2O. The third-order valence-corrected chi connectivity index (χ3v) is 4.36. The topological polar surface area (TPSA) is 47.3 Å². The van der Waals surface area contributed by atoms with Crippen LogP contribution in [-0.2, 0) is 4.74 Å². The number of hydrogen-bond donors (Lipinski definition) is 2. The van der Waals surface area contributed by atoms with Crippen LogP contribution < -0.4 is 11.1 Å². The van der Waals surface area contributed by atoms with Gasteiger partial charge in [0.1, 0.15) is 0 Å². The fourth-order valence-electron chi connectivity index (χ4n) is 3.22. The van der Waals surface area contributed by atoms with Gasteiger partial charge < -0.3 is 15.8 Å². The van der Waals surface area contributed by atoms with Gasteiger partial charge in [-0.2, -0.15) is 0 Å². The predicted octanol–water partition coefficient (Wildman–Crippen LogP) is 2.05. The summed E-state index contributed by atoms with van der Waals surface area (Å²) in [5.41, 5.74) is 5.84. The molecule has 0 amide bonds. The molecule has 3 atom stereocenters. The van der Waals surface area contributed by atoms with Crippen LogP contribution in [0.4, 0.5) is 0 Å². The first kappa shape index (κ1) is 13.3. The molecular weight excluding hydrogens is 212 g/mol. The van der Waals surface area contributed by atoms with Crippen molar-refractivity contribution in [3.05, 3.63) is 0 Å². The first-order chi connectivity index (χ1) is 8.40. The van der Waals surface area contributed by atoms with Gasteiger partial charge in [-0.1, -0.05) is 12.8 Å². The zero-order valence-electron chi connectivity index (χ0n) is 11.0. The zero-order valence-corrected chi connectivity index (χ0v) is 11.0. The van der Waals surface area contributed by atoms with Crippen LogP contribution in [0.1, 0.15) is 51.4 Å². The van der Waals surface area contributed by atoms with Gasteiger partial charge in [-0.15, -0.1) is 0 Å². The molecule has 3 heteroatoms. The molecule has 2 rings (SSSR count). The molecule has 100 valence electrons. The molecule has 3 N–H and O–H groups in total. The van der Waals surface area contributed by atoms with Gasteiger partial charge in [-0.25, -0.2) is 0 Å². The minimum atomic E-state index is 0.510. The molecule has 17 heavy (non-hydrogen) atoms. The Morgan fingerprint density at radius 1 is 1.06 bits per heavy atom. The predicted molar refractivity (Wildman–Crippen MR) is 71.0 cm³/mol. The third-order valence-electron chi connectivity index (χ3n) is 4.36. The van der Waals surface area contributed by atoms with Crippen molar-refractivity contribution in [3.63, 3.8) is 0 Å². The summed E-state index contributed by atoms with van der Waals surface area (Å²) in [5, 5.41) is 3.71. The molecule has 1 heterocycles. The van der Waals surface area contributed by atoms with Gasteiger partial charge >= 0.3 is 0 Å². The fraction of sp³-hybridized carbons (Fsp3) is 1.00. The van der Waals surface area contributed by atoms with E-state index in [-0.39, 0.29) is 0 Å². The highest BCUT2D eigenvalue weighted by molar-refractivity contribution is 4.81. The van der Waals surface area contributed by atoms with Gasteiger partial charge in [0.25, 0.3) is 0 Å². The van der Waals surface area contributed by atoms with E-state index in [1.54, 1.807) is 0 Å². The number of rotatable bonds is 5. The maximum absolute atomic E-state index is 5.84. The number of ether oxygens (including phenoxy) is 1. The second-order valence-electron chi connectivity index (χ2n) is 5.62. The summed E-state index contributed by atoms with van der Waals surface area (Å²) >= 11 is 0. The smallest absolute Gasteiger partial charge is 0.0587 e. The third kappa shape index (κ3) is 4.23. The van der Waals surface area contributed by atoms with Gasteiger partial charge in [0.15, 0.2) is 0 Å². The molecule has 3 nitrogen and oxygen atoms in total. The van der Waals surface area contributed by atoms with E-state index >= 15 is 0 Å². The van der Waals surface area contributed by atoms with E-state index in [9.17, 15) is 0 Å². The largest absolute Gasteiger partial charge is 0.378 e. The molecule has 2 fully saturated rings. The SMILES string of the molecule is NCC1CCCCC1NCCC1CCCCO1. The van der Waals surface area contributed by atoms with Gasteiger partial charge in [0.05, 0.1) is 6.10 Å². The van der Waals surface area contributed by atoms with Crippen molar-refractivity contribution in [1.82, 2.24) is 5.32 Å². The Hall–Kier alpha value is -0.120. The van der Waals surface area contributed by atoms with Crippen LogP contribution in [0.5, 0.6) is 0 Å². The van der Waals surface area contributed by atoms with Crippen LogP contribution in [0.25, 0.3) is 0 Å². The van der Waals surface area contributed by atoms with Crippen LogP contribution in [0, 0.1) is 5.92 Å². The molecule has 1 saturated carbocycles. The second-order valence-corrected chi connectivity index (χ2v) is 5.62. The molecule has 0 spiro atoms. The minimum absolute atomic E-state index is 0.510. The van der Waals surface area contributed by atoms with Crippen LogP contribution in [0.2, 0.25) is 0 Å². The summed E-state index contributed by atoms with van der Waals surface area (Å²) in [7, 11) is 0. The Morgan fingerprint density at radius 2 is 1.88 bits per heavy atom. The van der Waals surface area contributed by atoms with Crippen molar-refractivity contribution in [2.24, 2.45) is 11.7 Å². The molecule has 1 aliphatic heterocycles. The summed E-state index contributed by atoms with van der Waals surface area (Å²) in [5.74, 6) is 0.705. The first-order valence-electron chi connectivity index (χ1n) is 7.45. The summed E-state index contributed by atoms with van der Waals surface area (Å²) in [6, 6.07) is 0.664. The van der Waals surface area contributed by atoms with Gasteiger partial charge in [-0.05, 0) is 57.5 Å². The maximum atomic E-state index is 5.84. The van der Waals surface area contributed by atoms with Crippen LogP contribution in [-0.4, -0.2) is 31.8 Å². The van der Waals surface area contributed by atoms with E-state index in [1.165, 1.54) is 51.4 Å². The van der Waals surface area contributed by atoms with Gasteiger partial charge in [-0.3, -0.25) is 0 Å². The summed E-state index contributed by atoms with van der Waals surface area (Å²) in [4.78, 5) is 0. The Bertz CT molecular complexity index is 204. The Kier molecular flexibility index (Phi) is 5.75. The normalized spacial score (nSPS) is 34.8. The Balaban J connectivity index is 1.62. The average molecular weight is 240 g/mol. The average Bonchev–Trinajstić information content (AvgIpc) is 2.40. The highest BCUT2D eigenvalue weighted by Crippen LogP contribution is 2.23. The molecule has 0 radical (unpaired) electrons. The van der Waals surface area contributed by atoms with Crippen molar-refractivity contribution in [1.29, 1.82) is 0 Å². The molecule has 1 saturated heterocycles. The fourth-order valence-corrected chi connectivity index (χ4v) is 3.22. The van der Waals surface area contributed by atoms with Gasteiger partial charge in [0, 0.05) is 12.6 Å². The van der Waals surface area contributed by atoms with E-state index in [0.29, 0.717) is 18.1 Å². The Morgan fingerprint density at radius 3 is 2.65 bits per heavy atom. The van der Waals surface area contributed by atoms with E-state index < -0.39 is 0 Å².